The first-order valence-electron chi connectivity index (χ1n) is 20.3. The molecule has 7 rings (SSSR count). The molecule has 2 aromatic rings. The smallest absolute Gasteiger partial charge is 0.307 e. The van der Waals surface area contributed by atoms with Crippen LogP contribution in [0.5, 0.6) is 0 Å². The van der Waals surface area contributed by atoms with E-state index in [-0.39, 0.29) is 34.3 Å². The number of rotatable bonds is 10. The van der Waals surface area contributed by atoms with Gasteiger partial charge in [-0.25, -0.2) is 9.67 Å². The van der Waals surface area contributed by atoms with Crippen LogP contribution in [-0.4, -0.2) is 62.3 Å². The van der Waals surface area contributed by atoms with E-state index in [1.165, 1.54) is 5.57 Å². The van der Waals surface area contributed by atoms with Crippen LogP contribution in [0.4, 0.5) is 0 Å². The van der Waals surface area contributed by atoms with E-state index in [9.17, 15) is 9.90 Å². The SMILES string of the molecule is CCC(N)(CC)CO[C@H]1[C@H](n2ncnc2-c2ccncc2)C[C@]2(C)COC[C@@]13C1=CC[C@@]4(C)[C@H](C(=O)O)[C@@](C)([C@H](C)C(C)C)CC[C@]4(C)[C@H]1CC[C@H]23. The van der Waals surface area contributed by atoms with E-state index in [0.717, 1.165) is 62.8 Å². The number of hydrogen-bond acceptors (Lipinski definition) is 7. The summed E-state index contributed by atoms with van der Waals surface area (Å²) in [7, 11) is 0. The summed E-state index contributed by atoms with van der Waals surface area (Å²) in [4.78, 5) is 22.7. The predicted molar refractivity (Wildman–Crippen MR) is 203 cm³/mol. The topological polar surface area (TPSA) is 125 Å². The molecule has 0 aromatic carbocycles. The molecule has 0 amide bonds. The molecule has 1 aliphatic heterocycles. The second kappa shape index (κ2) is 13.0. The highest BCUT2D eigenvalue weighted by Gasteiger charge is 2.72. The van der Waals surface area contributed by atoms with Gasteiger partial charge in [0.1, 0.15) is 6.33 Å². The third-order valence-corrected chi connectivity index (χ3v) is 16.8. The standard InChI is InChI=1S/C43H65N5O4/c1-10-42(44,11-2)24-52-35-32(48-36(46-26-47-48)29-15-20-45-21-16-29)22-38(6)23-51-25-43(35)31-14-17-41(9)34(37(49)50)39(7,28(5)27(3)4)18-19-40(41,8)30(31)12-13-33(38)43/h14-16,20-21,26-28,30,32-35H,10-13,17-19,22-25,44H2,1-9H3,(H,49,50)/t28-,30+,32-,33-,34-,35+,38-,39-,40-,41+,43+/m1/s1. The van der Waals surface area contributed by atoms with Gasteiger partial charge < -0.3 is 20.3 Å². The Balaban J connectivity index is 1.40. The molecule has 4 fully saturated rings. The average molecular weight is 716 g/mol. The number of fused-ring (bicyclic) bond motifs is 3. The number of carboxylic acids is 1. The largest absolute Gasteiger partial charge is 0.481 e. The molecule has 0 unspecified atom stereocenters. The summed E-state index contributed by atoms with van der Waals surface area (Å²) in [6, 6.07) is 3.91. The zero-order valence-corrected chi connectivity index (χ0v) is 33.3. The van der Waals surface area contributed by atoms with Crippen molar-refractivity contribution in [3.8, 4) is 11.4 Å². The molecular formula is C43H65N5O4. The van der Waals surface area contributed by atoms with Crippen molar-refractivity contribution in [2.45, 2.75) is 131 Å². The Morgan fingerprint density at radius 3 is 2.44 bits per heavy atom. The summed E-state index contributed by atoms with van der Waals surface area (Å²) in [6.45, 7) is 22.3. The number of carbonyl (C=O) groups is 1. The molecule has 3 N–H and O–H groups in total. The van der Waals surface area contributed by atoms with Crippen LogP contribution in [0, 0.1) is 56.7 Å². The van der Waals surface area contributed by atoms with E-state index in [1.807, 2.05) is 24.5 Å². The van der Waals surface area contributed by atoms with E-state index in [4.69, 9.17) is 25.3 Å². The normalized spacial score (nSPS) is 40.7. The molecule has 2 aromatic heterocycles. The van der Waals surface area contributed by atoms with Crippen molar-refractivity contribution in [2.75, 3.05) is 19.8 Å². The minimum Gasteiger partial charge on any atom is -0.481 e. The molecule has 9 nitrogen and oxygen atoms in total. The predicted octanol–water partition coefficient (Wildman–Crippen LogP) is 8.37. The van der Waals surface area contributed by atoms with Crippen molar-refractivity contribution < 1.29 is 19.4 Å². The highest BCUT2D eigenvalue weighted by molar-refractivity contribution is 5.73. The van der Waals surface area contributed by atoms with Crippen LogP contribution in [0.2, 0.25) is 0 Å². The van der Waals surface area contributed by atoms with Gasteiger partial charge in [0, 0.05) is 28.9 Å². The maximum Gasteiger partial charge on any atom is 0.307 e. The van der Waals surface area contributed by atoms with Gasteiger partial charge in [0.15, 0.2) is 5.82 Å². The van der Waals surface area contributed by atoms with Crippen molar-refractivity contribution in [1.82, 2.24) is 19.7 Å². The lowest BCUT2D eigenvalue weighted by molar-refractivity contribution is -0.254. The summed E-state index contributed by atoms with van der Waals surface area (Å²) in [5, 5.41) is 16.1. The monoisotopic (exact) mass is 716 g/mol. The summed E-state index contributed by atoms with van der Waals surface area (Å²) < 4.78 is 16.3. The fraction of sp³-hybridized carbons (Fsp3) is 0.767. The second-order valence-electron chi connectivity index (χ2n) is 19.2. The Hall–Kier alpha value is -2.62. The zero-order valence-electron chi connectivity index (χ0n) is 33.3. The van der Waals surface area contributed by atoms with Gasteiger partial charge in [-0.05, 0) is 109 Å². The van der Waals surface area contributed by atoms with Gasteiger partial charge in [0.05, 0.1) is 37.9 Å². The molecule has 1 saturated heterocycles. The quantitative estimate of drug-likeness (QED) is 0.235. The van der Waals surface area contributed by atoms with Gasteiger partial charge in [-0.1, -0.05) is 74.0 Å². The number of allylic oxidation sites excluding steroid dienone is 1. The highest BCUT2D eigenvalue weighted by Crippen LogP contribution is 2.75. The zero-order chi connectivity index (χ0) is 37.5. The molecule has 11 atom stereocenters. The van der Waals surface area contributed by atoms with Crippen LogP contribution in [0.15, 0.2) is 42.5 Å². The Bertz CT molecular complexity index is 1670. The number of hydrogen-bond donors (Lipinski definition) is 2. The number of aromatic nitrogens is 4. The minimum atomic E-state index is -0.632. The summed E-state index contributed by atoms with van der Waals surface area (Å²) in [5.74, 6) is 1.05. The van der Waals surface area contributed by atoms with Crippen LogP contribution in [0.3, 0.4) is 0 Å². The van der Waals surface area contributed by atoms with Crippen molar-refractivity contribution >= 4 is 5.97 Å². The highest BCUT2D eigenvalue weighted by atomic mass is 16.5. The molecule has 0 spiro atoms. The van der Waals surface area contributed by atoms with E-state index in [0.29, 0.717) is 37.6 Å². The first-order chi connectivity index (χ1) is 24.5. The molecule has 5 aliphatic rings. The molecule has 9 heteroatoms. The average Bonchev–Trinajstić information content (AvgIpc) is 3.61. The van der Waals surface area contributed by atoms with Crippen LogP contribution < -0.4 is 5.73 Å². The van der Waals surface area contributed by atoms with Crippen LogP contribution in [-0.2, 0) is 14.3 Å². The molecular weight excluding hydrogens is 651 g/mol. The van der Waals surface area contributed by atoms with E-state index in [1.54, 1.807) is 6.33 Å². The summed E-state index contributed by atoms with van der Waals surface area (Å²) in [6.07, 6.45) is 14.9. The van der Waals surface area contributed by atoms with Crippen molar-refractivity contribution in [1.29, 1.82) is 0 Å². The van der Waals surface area contributed by atoms with Gasteiger partial charge in [-0.3, -0.25) is 9.78 Å². The van der Waals surface area contributed by atoms with E-state index in [2.05, 4.69) is 78.1 Å². The molecule has 286 valence electrons. The lowest BCUT2D eigenvalue weighted by Crippen LogP contribution is -2.70. The van der Waals surface area contributed by atoms with Gasteiger partial charge >= 0.3 is 5.97 Å². The van der Waals surface area contributed by atoms with Gasteiger partial charge in [-0.2, -0.15) is 5.10 Å². The van der Waals surface area contributed by atoms with E-state index >= 15 is 0 Å². The molecule has 4 aliphatic carbocycles. The third-order valence-electron chi connectivity index (χ3n) is 16.8. The van der Waals surface area contributed by atoms with Crippen LogP contribution in [0.25, 0.3) is 11.4 Å². The minimum absolute atomic E-state index is 0.0946. The Morgan fingerprint density at radius 2 is 1.79 bits per heavy atom. The fourth-order valence-corrected chi connectivity index (χ4v) is 13.0. The van der Waals surface area contributed by atoms with Crippen LogP contribution >= 0.6 is 0 Å². The summed E-state index contributed by atoms with van der Waals surface area (Å²) in [5.41, 5.74) is 7.63. The molecule has 0 radical (unpaired) electrons. The Kier molecular flexibility index (Phi) is 9.43. The number of aliphatic carboxylic acids is 1. The molecule has 3 saturated carbocycles. The van der Waals surface area contributed by atoms with Crippen molar-refractivity contribution in [2.24, 2.45) is 62.4 Å². The number of nitrogens with zero attached hydrogens (tertiary/aromatic N) is 4. The second-order valence-corrected chi connectivity index (χ2v) is 19.2. The van der Waals surface area contributed by atoms with Gasteiger partial charge in [-0.15, -0.1) is 0 Å². The Morgan fingerprint density at radius 1 is 1.08 bits per heavy atom. The van der Waals surface area contributed by atoms with Crippen molar-refractivity contribution in [3.63, 3.8) is 0 Å². The lowest BCUT2D eigenvalue weighted by atomic mass is 9.34. The number of ether oxygens (including phenoxy) is 2. The van der Waals surface area contributed by atoms with Gasteiger partial charge in [0.25, 0.3) is 0 Å². The van der Waals surface area contributed by atoms with Crippen LogP contribution in [0.1, 0.15) is 120 Å². The maximum absolute atomic E-state index is 13.6. The molecule has 52 heavy (non-hydrogen) atoms. The third kappa shape index (κ3) is 5.25. The molecule has 3 heterocycles. The van der Waals surface area contributed by atoms with Gasteiger partial charge in [0.2, 0.25) is 0 Å². The molecule has 2 bridgehead atoms. The maximum atomic E-state index is 13.6. The summed E-state index contributed by atoms with van der Waals surface area (Å²) >= 11 is 0. The Labute approximate surface area is 311 Å². The number of pyridine rings is 1. The number of carboxylic acid groups (broad SMARTS) is 1. The van der Waals surface area contributed by atoms with E-state index < -0.39 is 28.3 Å². The van der Waals surface area contributed by atoms with Crippen molar-refractivity contribution in [3.05, 3.63) is 42.5 Å². The lowest BCUT2D eigenvalue weighted by Gasteiger charge is -2.71. The first kappa shape index (κ1) is 37.7. The number of nitrogens with two attached hydrogens (primary N) is 1. The fourth-order valence-electron chi connectivity index (χ4n) is 13.0. The first-order valence-corrected chi connectivity index (χ1v) is 20.3.